The van der Waals surface area contributed by atoms with Crippen molar-refractivity contribution >= 4 is 17.3 Å². The first-order valence-electron chi connectivity index (χ1n) is 10.8. The SMILES string of the molecule is O=C1CCC(c2ccccc2)=C1CC(=O)N1CC[C@@H](c2ccc3c(c2)OCO3)[C@H](O)C1. The lowest BCUT2D eigenvalue weighted by Gasteiger charge is -2.36. The monoisotopic (exact) mass is 419 g/mol. The van der Waals surface area contributed by atoms with Crippen molar-refractivity contribution in [1.29, 1.82) is 0 Å². The predicted octanol–water partition coefficient (Wildman–Crippen LogP) is 3.30. The number of likely N-dealkylation sites (tertiary alicyclic amines) is 1. The molecular formula is C25H25NO5. The first-order valence-corrected chi connectivity index (χ1v) is 10.8. The van der Waals surface area contributed by atoms with E-state index in [2.05, 4.69) is 0 Å². The maximum atomic E-state index is 13.0. The van der Waals surface area contributed by atoms with Crippen LogP contribution in [0.1, 0.15) is 42.7 Å². The van der Waals surface area contributed by atoms with Crippen molar-refractivity contribution in [3.05, 3.63) is 65.2 Å². The zero-order valence-corrected chi connectivity index (χ0v) is 17.3. The molecule has 3 aliphatic rings. The Bertz CT molecular complexity index is 1050. The van der Waals surface area contributed by atoms with Gasteiger partial charge < -0.3 is 19.5 Å². The van der Waals surface area contributed by atoms with Crippen LogP contribution in [-0.4, -0.2) is 47.7 Å². The Morgan fingerprint density at radius 3 is 2.68 bits per heavy atom. The molecule has 0 unspecified atom stereocenters. The Morgan fingerprint density at radius 1 is 1.06 bits per heavy atom. The predicted molar refractivity (Wildman–Crippen MR) is 115 cm³/mol. The van der Waals surface area contributed by atoms with Crippen LogP contribution >= 0.6 is 0 Å². The fourth-order valence-corrected chi connectivity index (χ4v) is 4.83. The molecule has 2 heterocycles. The number of carbonyl (C=O) groups is 2. The summed E-state index contributed by atoms with van der Waals surface area (Å²) in [7, 11) is 0. The first-order chi connectivity index (χ1) is 15.1. The van der Waals surface area contributed by atoms with Crippen LogP contribution in [0.2, 0.25) is 0 Å². The quantitative estimate of drug-likeness (QED) is 0.823. The number of nitrogens with zero attached hydrogens (tertiary/aromatic N) is 1. The highest BCUT2D eigenvalue weighted by Gasteiger charge is 2.34. The van der Waals surface area contributed by atoms with Gasteiger partial charge >= 0.3 is 0 Å². The lowest BCUT2D eigenvalue weighted by Crippen LogP contribution is -2.45. The van der Waals surface area contributed by atoms with Crippen LogP contribution in [0.25, 0.3) is 5.57 Å². The molecule has 6 heteroatoms. The second-order valence-electron chi connectivity index (χ2n) is 8.34. The first kappa shape index (κ1) is 19.8. The van der Waals surface area contributed by atoms with Gasteiger partial charge in [0.2, 0.25) is 12.7 Å². The number of Topliss-reactive ketones (excluding diaryl/α,β-unsaturated/α-hetero) is 1. The Morgan fingerprint density at radius 2 is 1.87 bits per heavy atom. The van der Waals surface area contributed by atoms with Crippen LogP contribution < -0.4 is 9.47 Å². The van der Waals surface area contributed by atoms with Gasteiger partial charge in [0.1, 0.15) is 0 Å². The van der Waals surface area contributed by atoms with Crippen LogP contribution in [0.5, 0.6) is 11.5 Å². The summed E-state index contributed by atoms with van der Waals surface area (Å²) in [6.45, 7) is 1.03. The van der Waals surface area contributed by atoms with Crippen LogP contribution in [-0.2, 0) is 9.59 Å². The molecule has 1 amide bonds. The van der Waals surface area contributed by atoms with E-state index in [4.69, 9.17) is 9.47 Å². The largest absolute Gasteiger partial charge is 0.454 e. The molecule has 1 fully saturated rings. The minimum absolute atomic E-state index is 0.0583. The van der Waals surface area contributed by atoms with E-state index in [9.17, 15) is 14.7 Å². The highest BCUT2D eigenvalue weighted by atomic mass is 16.7. The van der Waals surface area contributed by atoms with E-state index in [0.29, 0.717) is 37.1 Å². The smallest absolute Gasteiger partial charge is 0.231 e. The molecular weight excluding hydrogens is 394 g/mol. The maximum absolute atomic E-state index is 13.0. The molecule has 2 aromatic rings. The van der Waals surface area contributed by atoms with E-state index >= 15 is 0 Å². The van der Waals surface area contributed by atoms with Crippen LogP contribution in [0.4, 0.5) is 0 Å². The number of carbonyl (C=O) groups excluding carboxylic acids is 2. The van der Waals surface area contributed by atoms with E-state index in [1.807, 2.05) is 48.5 Å². The van der Waals surface area contributed by atoms with Crippen molar-refractivity contribution in [2.75, 3.05) is 19.9 Å². The summed E-state index contributed by atoms with van der Waals surface area (Å²) in [5.41, 5.74) is 3.61. The average Bonchev–Trinajstić information content (AvgIpc) is 3.40. The Labute approximate surface area is 181 Å². The van der Waals surface area contributed by atoms with Crippen molar-refractivity contribution in [3.8, 4) is 11.5 Å². The highest BCUT2D eigenvalue weighted by Crippen LogP contribution is 2.38. The molecule has 0 saturated carbocycles. The van der Waals surface area contributed by atoms with E-state index < -0.39 is 6.10 Å². The second-order valence-corrected chi connectivity index (χ2v) is 8.34. The summed E-state index contributed by atoms with van der Waals surface area (Å²) < 4.78 is 10.8. The standard InChI is InChI=1S/C25H25NO5/c27-21-8-7-18(16-4-2-1-3-5-16)20(21)13-25(29)26-11-10-19(22(28)14-26)17-6-9-23-24(12-17)31-15-30-23/h1-6,9,12,19,22,28H,7-8,10-11,13-15H2/t19-,22+/m0/s1. The number of hydrogen-bond donors (Lipinski definition) is 1. The molecule has 5 rings (SSSR count). The lowest BCUT2D eigenvalue weighted by molar-refractivity contribution is -0.134. The summed E-state index contributed by atoms with van der Waals surface area (Å²) >= 11 is 0. The number of aliphatic hydroxyl groups is 1. The number of amides is 1. The van der Waals surface area contributed by atoms with Crippen LogP contribution in [0.15, 0.2) is 54.1 Å². The van der Waals surface area contributed by atoms with Gasteiger partial charge in [-0.15, -0.1) is 0 Å². The number of allylic oxidation sites excluding steroid dienone is 1. The molecule has 1 N–H and O–H groups in total. The van der Waals surface area contributed by atoms with Gasteiger partial charge in [-0.1, -0.05) is 36.4 Å². The van der Waals surface area contributed by atoms with Crippen molar-refractivity contribution in [3.63, 3.8) is 0 Å². The fraction of sp³-hybridized carbons (Fsp3) is 0.360. The average molecular weight is 419 g/mol. The normalized spacial score (nSPS) is 22.9. The summed E-state index contributed by atoms with van der Waals surface area (Å²) in [6, 6.07) is 15.5. The third kappa shape index (κ3) is 3.83. The van der Waals surface area contributed by atoms with Gasteiger partial charge in [-0.2, -0.15) is 0 Å². The molecule has 6 nitrogen and oxygen atoms in total. The molecule has 0 spiro atoms. The molecule has 1 aliphatic carbocycles. The van der Waals surface area contributed by atoms with E-state index in [1.165, 1.54) is 0 Å². The van der Waals surface area contributed by atoms with Gasteiger partial charge in [-0.05, 0) is 41.7 Å². The molecule has 2 aliphatic heterocycles. The Balaban J connectivity index is 1.28. The minimum Gasteiger partial charge on any atom is -0.454 e. The molecule has 160 valence electrons. The van der Waals surface area contributed by atoms with Gasteiger partial charge in [0.15, 0.2) is 17.3 Å². The maximum Gasteiger partial charge on any atom is 0.231 e. The van der Waals surface area contributed by atoms with Crippen molar-refractivity contribution < 1.29 is 24.2 Å². The van der Waals surface area contributed by atoms with Gasteiger partial charge in [0.25, 0.3) is 0 Å². The van der Waals surface area contributed by atoms with Crippen LogP contribution in [0, 0.1) is 0 Å². The number of hydrogen-bond acceptors (Lipinski definition) is 5. The van der Waals surface area contributed by atoms with Gasteiger partial charge in [-0.25, -0.2) is 0 Å². The minimum atomic E-state index is -0.667. The van der Waals surface area contributed by atoms with Gasteiger partial charge in [0.05, 0.1) is 12.5 Å². The van der Waals surface area contributed by atoms with Gasteiger partial charge in [0, 0.05) is 31.0 Å². The van der Waals surface area contributed by atoms with E-state index in [-0.39, 0.29) is 37.4 Å². The van der Waals surface area contributed by atoms with Gasteiger partial charge in [-0.3, -0.25) is 9.59 Å². The number of ether oxygens (including phenoxy) is 2. The van der Waals surface area contributed by atoms with Crippen molar-refractivity contribution in [2.45, 2.75) is 37.7 Å². The Hall–Kier alpha value is -3.12. The van der Waals surface area contributed by atoms with Crippen molar-refractivity contribution in [1.82, 2.24) is 4.90 Å². The summed E-state index contributed by atoms with van der Waals surface area (Å²) in [5.74, 6) is 1.31. The molecule has 2 aromatic carbocycles. The molecule has 2 atom stereocenters. The molecule has 0 radical (unpaired) electrons. The summed E-state index contributed by atoms with van der Waals surface area (Å²) in [5, 5.41) is 10.8. The van der Waals surface area contributed by atoms with Crippen LogP contribution in [0.3, 0.4) is 0 Å². The third-order valence-corrected chi connectivity index (χ3v) is 6.51. The summed E-state index contributed by atoms with van der Waals surface area (Å²) in [6.07, 6.45) is 1.23. The topological polar surface area (TPSA) is 76.1 Å². The zero-order valence-electron chi connectivity index (χ0n) is 17.3. The second kappa shape index (κ2) is 8.19. The molecule has 0 aromatic heterocycles. The van der Waals surface area contributed by atoms with E-state index in [0.717, 1.165) is 22.4 Å². The molecule has 0 bridgehead atoms. The highest BCUT2D eigenvalue weighted by molar-refractivity contribution is 6.10. The number of aliphatic hydroxyl groups excluding tert-OH is 1. The number of benzene rings is 2. The molecule has 31 heavy (non-hydrogen) atoms. The van der Waals surface area contributed by atoms with Crippen molar-refractivity contribution in [2.24, 2.45) is 0 Å². The number of ketones is 1. The number of fused-ring (bicyclic) bond motifs is 1. The lowest BCUT2D eigenvalue weighted by atomic mass is 9.86. The number of β-amino-alcohol motifs (C(OH)–C–C–N with tert-alkyl or cyclic N) is 1. The third-order valence-electron chi connectivity index (χ3n) is 6.51. The molecule has 1 saturated heterocycles. The number of piperidine rings is 1. The van der Waals surface area contributed by atoms with E-state index in [1.54, 1.807) is 4.90 Å². The summed E-state index contributed by atoms with van der Waals surface area (Å²) in [4.78, 5) is 27.2. The fourth-order valence-electron chi connectivity index (χ4n) is 4.83. The zero-order chi connectivity index (χ0) is 21.4. The number of rotatable bonds is 4. The Kier molecular flexibility index (Phi) is 5.24.